The van der Waals surface area contributed by atoms with E-state index in [2.05, 4.69) is 15.4 Å². The lowest BCUT2D eigenvalue weighted by Crippen LogP contribution is -2.56. The highest BCUT2D eigenvalue weighted by atomic mass is 32.2. The zero-order valence-electron chi connectivity index (χ0n) is 20.5. The molecule has 0 spiro atoms. The maximum atomic E-state index is 12.9. The van der Waals surface area contributed by atoms with Crippen molar-refractivity contribution in [1.29, 1.82) is 0 Å². The molecule has 1 aliphatic heterocycles. The third kappa shape index (κ3) is 9.20. The number of carbonyl (C=O) groups is 3. The predicted molar refractivity (Wildman–Crippen MR) is 138 cm³/mol. The molecule has 12 nitrogen and oxygen atoms in total. The van der Waals surface area contributed by atoms with Gasteiger partial charge in [0, 0.05) is 13.1 Å². The SMILES string of the molecule is O=C(CNC(=O)[C@H](CS(=O)(=O)Cc1ccccc1)NC(=O)N1CCOCC1)CNS(=O)(=O)c1ccccc1. The maximum absolute atomic E-state index is 12.9. The fourth-order valence-electron chi connectivity index (χ4n) is 3.56. The van der Waals surface area contributed by atoms with E-state index in [0.29, 0.717) is 18.8 Å². The average molecular weight is 567 g/mol. The monoisotopic (exact) mass is 566 g/mol. The molecule has 0 unspecified atom stereocenters. The number of hydrogen-bond donors (Lipinski definition) is 3. The Kier molecular flexibility index (Phi) is 10.4. The summed E-state index contributed by atoms with van der Waals surface area (Å²) in [5, 5.41) is 4.75. The van der Waals surface area contributed by atoms with Crippen LogP contribution in [0.4, 0.5) is 4.79 Å². The number of sulfonamides is 1. The van der Waals surface area contributed by atoms with E-state index in [4.69, 9.17) is 4.74 Å². The molecule has 0 radical (unpaired) electrons. The summed E-state index contributed by atoms with van der Waals surface area (Å²) < 4.78 is 57.6. The number of hydrogen-bond acceptors (Lipinski definition) is 8. The summed E-state index contributed by atoms with van der Waals surface area (Å²) in [6.07, 6.45) is 0. The highest BCUT2D eigenvalue weighted by molar-refractivity contribution is 7.90. The predicted octanol–water partition coefficient (Wildman–Crippen LogP) is -0.324. The number of benzene rings is 2. The Labute approximate surface area is 221 Å². The molecule has 2 aromatic rings. The lowest BCUT2D eigenvalue weighted by molar-refractivity contribution is -0.125. The van der Waals surface area contributed by atoms with Crippen LogP contribution in [0.3, 0.4) is 0 Å². The van der Waals surface area contributed by atoms with Gasteiger partial charge in [-0.15, -0.1) is 0 Å². The average Bonchev–Trinajstić information content (AvgIpc) is 2.91. The second kappa shape index (κ2) is 13.5. The number of morpholine rings is 1. The number of ketones is 1. The molecule has 206 valence electrons. The van der Waals surface area contributed by atoms with Crippen LogP contribution in [0.25, 0.3) is 0 Å². The lowest BCUT2D eigenvalue weighted by Gasteiger charge is -2.29. The van der Waals surface area contributed by atoms with Crippen LogP contribution in [-0.4, -0.2) is 90.6 Å². The third-order valence-corrected chi connectivity index (χ3v) is 8.57. The molecular formula is C24H30N4O8S2. The van der Waals surface area contributed by atoms with Crippen LogP contribution < -0.4 is 15.4 Å². The molecule has 1 fully saturated rings. The summed E-state index contributed by atoms with van der Waals surface area (Å²) in [6, 6.07) is 13.7. The first-order valence-electron chi connectivity index (χ1n) is 11.8. The number of sulfone groups is 1. The van der Waals surface area contributed by atoms with Crippen LogP contribution in [0.2, 0.25) is 0 Å². The van der Waals surface area contributed by atoms with Crippen molar-refractivity contribution in [2.75, 3.05) is 45.1 Å². The quantitative estimate of drug-likeness (QED) is 0.314. The van der Waals surface area contributed by atoms with E-state index in [0.717, 1.165) is 0 Å². The fraction of sp³-hybridized carbons (Fsp3) is 0.375. The second-order valence-electron chi connectivity index (χ2n) is 8.54. The number of nitrogens with one attached hydrogen (secondary N) is 3. The summed E-state index contributed by atoms with van der Waals surface area (Å²) in [7, 11) is -7.78. The first-order chi connectivity index (χ1) is 18.1. The molecule has 0 aliphatic carbocycles. The van der Waals surface area contributed by atoms with Gasteiger partial charge in [-0.05, 0) is 17.7 Å². The summed E-state index contributed by atoms with van der Waals surface area (Å²) in [5.74, 6) is -2.59. The zero-order valence-corrected chi connectivity index (χ0v) is 22.2. The minimum atomic E-state index is -3.93. The van der Waals surface area contributed by atoms with Crippen molar-refractivity contribution in [1.82, 2.24) is 20.3 Å². The molecule has 0 bridgehead atoms. The van der Waals surface area contributed by atoms with Crippen LogP contribution in [0.15, 0.2) is 65.6 Å². The Morgan fingerprint density at radius 2 is 1.47 bits per heavy atom. The van der Waals surface area contributed by atoms with Gasteiger partial charge >= 0.3 is 6.03 Å². The Morgan fingerprint density at radius 3 is 2.11 bits per heavy atom. The molecule has 1 saturated heterocycles. The van der Waals surface area contributed by atoms with Crippen molar-refractivity contribution in [3.05, 3.63) is 66.2 Å². The van der Waals surface area contributed by atoms with Gasteiger partial charge in [0.2, 0.25) is 15.9 Å². The fourth-order valence-corrected chi connectivity index (χ4v) is 6.15. The van der Waals surface area contributed by atoms with Crippen molar-refractivity contribution in [3.8, 4) is 0 Å². The van der Waals surface area contributed by atoms with Gasteiger partial charge in [-0.1, -0.05) is 48.5 Å². The molecule has 3 N–H and O–H groups in total. The molecule has 3 rings (SSSR count). The van der Waals surface area contributed by atoms with Crippen molar-refractivity contribution in [2.24, 2.45) is 0 Å². The van der Waals surface area contributed by atoms with E-state index in [1.165, 1.54) is 29.2 Å². The molecule has 0 aromatic heterocycles. The smallest absolute Gasteiger partial charge is 0.318 e. The second-order valence-corrected chi connectivity index (χ2v) is 12.4. The Hall–Kier alpha value is -3.33. The van der Waals surface area contributed by atoms with Gasteiger partial charge in [0.25, 0.3) is 0 Å². The van der Waals surface area contributed by atoms with Gasteiger partial charge in [0.05, 0.1) is 42.7 Å². The van der Waals surface area contributed by atoms with E-state index in [1.54, 1.807) is 36.4 Å². The number of nitrogens with zero attached hydrogens (tertiary/aromatic N) is 1. The number of amides is 3. The molecule has 1 heterocycles. The Balaban J connectivity index is 1.62. The van der Waals surface area contributed by atoms with Crippen LogP contribution in [0, 0.1) is 0 Å². The summed E-state index contributed by atoms with van der Waals surface area (Å²) in [6.45, 7) is 0.00927. The zero-order chi connectivity index (χ0) is 27.6. The summed E-state index contributed by atoms with van der Waals surface area (Å²) >= 11 is 0. The van der Waals surface area contributed by atoms with Crippen molar-refractivity contribution < 1.29 is 36.0 Å². The van der Waals surface area contributed by atoms with Gasteiger partial charge in [0.1, 0.15) is 6.04 Å². The highest BCUT2D eigenvalue weighted by Gasteiger charge is 2.30. The molecule has 38 heavy (non-hydrogen) atoms. The van der Waals surface area contributed by atoms with E-state index < -0.39 is 62.5 Å². The third-order valence-electron chi connectivity index (χ3n) is 5.54. The summed E-state index contributed by atoms with van der Waals surface area (Å²) in [4.78, 5) is 39.2. The lowest BCUT2D eigenvalue weighted by atomic mass is 10.2. The van der Waals surface area contributed by atoms with Crippen LogP contribution in [-0.2, 0) is 39.9 Å². The molecule has 14 heteroatoms. The van der Waals surface area contributed by atoms with Gasteiger partial charge in [0.15, 0.2) is 15.6 Å². The van der Waals surface area contributed by atoms with Gasteiger partial charge in [-0.2, -0.15) is 0 Å². The number of urea groups is 1. The number of Topliss-reactive ketones (excluding diaryl/α,β-unsaturated/α-hetero) is 1. The van der Waals surface area contributed by atoms with E-state index in [1.807, 2.05) is 0 Å². The van der Waals surface area contributed by atoms with Crippen LogP contribution in [0.5, 0.6) is 0 Å². The van der Waals surface area contributed by atoms with E-state index in [-0.39, 0.29) is 23.7 Å². The Bertz CT molecular complexity index is 1310. The van der Waals surface area contributed by atoms with Crippen molar-refractivity contribution >= 4 is 37.6 Å². The number of carbonyl (C=O) groups excluding carboxylic acids is 3. The minimum absolute atomic E-state index is 0.0219. The number of ether oxygens (including phenoxy) is 1. The van der Waals surface area contributed by atoms with Crippen molar-refractivity contribution in [3.63, 3.8) is 0 Å². The van der Waals surface area contributed by atoms with Crippen molar-refractivity contribution in [2.45, 2.75) is 16.7 Å². The molecule has 1 aliphatic rings. The van der Waals surface area contributed by atoms with E-state index >= 15 is 0 Å². The van der Waals surface area contributed by atoms with Gasteiger partial charge < -0.3 is 20.3 Å². The molecule has 3 amide bonds. The molecular weight excluding hydrogens is 536 g/mol. The highest BCUT2D eigenvalue weighted by Crippen LogP contribution is 2.09. The van der Waals surface area contributed by atoms with Gasteiger partial charge in [-0.25, -0.2) is 26.4 Å². The van der Waals surface area contributed by atoms with Gasteiger partial charge in [-0.3, -0.25) is 9.59 Å². The largest absolute Gasteiger partial charge is 0.378 e. The number of rotatable bonds is 12. The first kappa shape index (κ1) is 29.2. The normalized spacial score (nSPS) is 14.9. The first-order valence-corrected chi connectivity index (χ1v) is 15.1. The maximum Gasteiger partial charge on any atom is 0.318 e. The molecule has 0 saturated carbocycles. The standard InChI is InChI=1S/C24H30N4O8S2/c29-20(16-26-38(34,35)21-9-5-2-6-10-21)15-25-23(30)22(27-24(31)28-11-13-36-14-12-28)18-37(32,33)17-19-7-3-1-4-8-19/h1-10,22,26H,11-18H2,(H,25,30)(H,27,31)/t22-/m0/s1. The topological polar surface area (TPSA) is 168 Å². The molecule has 1 atom stereocenters. The summed E-state index contributed by atoms with van der Waals surface area (Å²) in [5.41, 5.74) is 0.520. The van der Waals surface area contributed by atoms with E-state index in [9.17, 15) is 31.2 Å². The molecule has 2 aromatic carbocycles. The van der Waals surface area contributed by atoms with Crippen LogP contribution in [0.1, 0.15) is 5.56 Å². The Morgan fingerprint density at radius 1 is 0.868 bits per heavy atom. The minimum Gasteiger partial charge on any atom is -0.378 e. The van der Waals surface area contributed by atoms with Crippen LogP contribution >= 0.6 is 0 Å².